The molecule has 0 radical (unpaired) electrons. The molecule has 0 bridgehead atoms. The number of aryl methyl sites for hydroxylation is 1. The number of fused-ring (bicyclic) bond motifs is 1. The number of sulfonamides is 1. The van der Waals surface area contributed by atoms with Crippen molar-refractivity contribution in [1.29, 1.82) is 0 Å². The molecule has 0 spiro atoms. The van der Waals surface area contributed by atoms with E-state index in [1.165, 1.54) is 21.3 Å². The van der Waals surface area contributed by atoms with Crippen molar-refractivity contribution in [1.82, 2.24) is 19.4 Å². The molecule has 1 atom stereocenters. The zero-order chi connectivity index (χ0) is 26.9. The molecule has 3 aliphatic rings. The third kappa shape index (κ3) is 5.08. The van der Waals surface area contributed by atoms with E-state index in [0.717, 1.165) is 5.56 Å². The Hall–Kier alpha value is -3.57. The molecule has 0 saturated carbocycles. The third-order valence-electron chi connectivity index (χ3n) is 7.43. The van der Waals surface area contributed by atoms with E-state index in [1.807, 2.05) is 30.3 Å². The van der Waals surface area contributed by atoms with Crippen LogP contribution in [0.1, 0.15) is 47.2 Å². The lowest BCUT2D eigenvalue weighted by molar-refractivity contribution is -0.137. The first kappa shape index (κ1) is 26.1. The maximum Gasteiger partial charge on any atom is 0.255 e. The van der Waals surface area contributed by atoms with E-state index in [-0.39, 0.29) is 54.7 Å². The average Bonchev–Trinajstić information content (AvgIpc) is 3.07. The monoisotopic (exact) mass is 538 g/mol. The van der Waals surface area contributed by atoms with Crippen LogP contribution in [0.3, 0.4) is 0 Å². The smallest absolute Gasteiger partial charge is 0.255 e. The molecule has 1 unspecified atom stereocenters. The van der Waals surface area contributed by atoms with E-state index in [1.54, 1.807) is 11.0 Å². The van der Waals surface area contributed by atoms with Gasteiger partial charge in [-0.15, -0.1) is 0 Å². The van der Waals surface area contributed by atoms with Crippen LogP contribution in [0, 0.1) is 0 Å². The zero-order valence-electron chi connectivity index (χ0n) is 21.0. The summed E-state index contributed by atoms with van der Waals surface area (Å²) in [6, 6.07) is 13.5. The first-order valence-corrected chi connectivity index (χ1v) is 14.3. The van der Waals surface area contributed by atoms with Crippen LogP contribution < -0.4 is 5.32 Å². The minimum atomic E-state index is -3.95. The summed E-state index contributed by atoms with van der Waals surface area (Å²) in [7, 11) is -3.95. The van der Waals surface area contributed by atoms with Gasteiger partial charge in [0.15, 0.2) is 0 Å². The number of amides is 4. The maximum absolute atomic E-state index is 13.8. The number of carbonyl (C=O) groups excluding carboxylic acids is 4. The minimum Gasteiger partial charge on any atom is -0.341 e. The quantitative estimate of drug-likeness (QED) is 0.553. The Morgan fingerprint density at radius 2 is 1.74 bits per heavy atom. The Balaban J connectivity index is 1.28. The summed E-state index contributed by atoms with van der Waals surface area (Å²) in [6.45, 7) is 1.18. The Morgan fingerprint density at radius 1 is 0.947 bits per heavy atom. The summed E-state index contributed by atoms with van der Waals surface area (Å²) in [5.41, 5.74) is 1.70. The van der Waals surface area contributed by atoms with Gasteiger partial charge in [0.2, 0.25) is 27.7 Å². The lowest BCUT2D eigenvalue weighted by Gasteiger charge is -2.29. The van der Waals surface area contributed by atoms with E-state index < -0.39 is 27.9 Å². The SMILES string of the molecule is O=C1CCC(N2Cc3c(cccc3S(=O)(=O)N3CCCN(C(=O)CCc4ccccc4)CC3)C2=O)C(=O)N1. The molecule has 3 heterocycles. The van der Waals surface area contributed by atoms with Crippen LogP contribution in [-0.4, -0.2) is 78.4 Å². The van der Waals surface area contributed by atoms with E-state index in [9.17, 15) is 27.6 Å². The Labute approximate surface area is 221 Å². The Morgan fingerprint density at radius 3 is 2.50 bits per heavy atom. The molecule has 0 aliphatic carbocycles. The van der Waals surface area contributed by atoms with Gasteiger partial charge in [-0.05, 0) is 37.0 Å². The molecule has 2 aromatic rings. The van der Waals surface area contributed by atoms with Crippen LogP contribution in [-0.2, 0) is 37.4 Å². The average molecular weight is 539 g/mol. The van der Waals surface area contributed by atoms with Gasteiger partial charge in [0, 0.05) is 56.7 Å². The van der Waals surface area contributed by atoms with Gasteiger partial charge in [0.25, 0.3) is 5.91 Å². The zero-order valence-corrected chi connectivity index (χ0v) is 21.8. The van der Waals surface area contributed by atoms with Crippen molar-refractivity contribution in [3.8, 4) is 0 Å². The highest BCUT2D eigenvalue weighted by Crippen LogP contribution is 2.33. The van der Waals surface area contributed by atoms with E-state index >= 15 is 0 Å². The number of hydrogen-bond acceptors (Lipinski definition) is 6. The molecule has 3 aliphatic heterocycles. The summed E-state index contributed by atoms with van der Waals surface area (Å²) in [5.74, 6) is -1.35. The molecule has 11 heteroatoms. The molecule has 5 rings (SSSR count). The molecule has 10 nitrogen and oxygen atoms in total. The number of carbonyl (C=O) groups is 4. The second kappa shape index (κ2) is 10.7. The fourth-order valence-electron chi connectivity index (χ4n) is 5.38. The highest BCUT2D eigenvalue weighted by molar-refractivity contribution is 7.89. The van der Waals surface area contributed by atoms with Crippen LogP contribution in [0.4, 0.5) is 0 Å². The van der Waals surface area contributed by atoms with Gasteiger partial charge in [-0.2, -0.15) is 4.31 Å². The molecule has 2 saturated heterocycles. The van der Waals surface area contributed by atoms with Gasteiger partial charge in [-0.3, -0.25) is 24.5 Å². The Bertz CT molecular complexity index is 1380. The largest absolute Gasteiger partial charge is 0.341 e. The summed E-state index contributed by atoms with van der Waals surface area (Å²) in [6.07, 6.45) is 1.82. The molecule has 1 N–H and O–H groups in total. The number of nitrogens with zero attached hydrogens (tertiary/aromatic N) is 3. The van der Waals surface area contributed by atoms with Gasteiger partial charge in [0.05, 0.1) is 4.90 Å². The first-order chi connectivity index (χ1) is 18.3. The molecule has 38 heavy (non-hydrogen) atoms. The number of piperidine rings is 1. The summed E-state index contributed by atoms with van der Waals surface area (Å²) >= 11 is 0. The highest BCUT2D eigenvalue weighted by atomic mass is 32.2. The molecule has 0 aromatic heterocycles. The van der Waals surface area contributed by atoms with Crippen molar-refractivity contribution in [3.05, 3.63) is 65.2 Å². The van der Waals surface area contributed by atoms with Crippen LogP contribution in [0.5, 0.6) is 0 Å². The second-order valence-electron chi connectivity index (χ2n) is 9.81. The minimum absolute atomic E-state index is 0.000757. The van der Waals surface area contributed by atoms with E-state index in [4.69, 9.17) is 0 Å². The van der Waals surface area contributed by atoms with Gasteiger partial charge < -0.3 is 9.80 Å². The van der Waals surface area contributed by atoms with Crippen LogP contribution in [0.25, 0.3) is 0 Å². The van der Waals surface area contributed by atoms with Gasteiger partial charge >= 0.3 is 0 Å². The Kier molecular flexibility index (Phi) is 7.31. The normalized spacial score (nSPS) is 20.7. The van der Waals surface area contributed by atoms with Crippen molar-refractivity contribution in [2.45, 2.75) is 49.6 Å². The van der Waals surface area contributed by atoms with E-state index in [2.05, 4.69) is 5.32 Å². The van der Waals surface area contributed by atoms with Gasteiger partial charge in [-0.25, -0.2) is 8.42 Å². The van der Waals surface area contributed by atoms with E-state index in [0.29, 0.717) is 37.9 Å². The number of rotatable bonds is 6. The van der Waals surface area contributed by atoms with Crippen molar-refractivity contribution in [2.75, 3.05) is 26.2 Å². The topological polar surface area (TPSA) is 124 Å². The fourth-order valence-corrected chi connectivity index (χ4v) is 7.08. The molecule has 4 amide bonds. The number of hydrogen-bond donors (Lipinski definition) is 1. The molecular weight excluding hydrogens is 508 g/mol. The number of nitrogens with one attached hydrogen (secondary N) is 1. The lowest BCUT2D eigenvalue weighted by Crippen LogP contribution is -2.52. The van der Waals surface area contributed by atoms with Crippen molar-refractivity contribution in [3.63, 3.8) is 0 Å². The number of benzene rings is 2. The van der Waals surface area contributed by atoms with Crippen molar-refractivity contribution >= 4 is 33.7 Å². The maximum atomic E-state index is 13.8. The molecule has 2 aromatic carbocycles. The second-order valence-corrected chi connectivity index (χ2v) is 11.7. The first-order valence-electron chi connectivity index (χ1n) is 12.8. The molecule has 2 fully saturated rings. The van der Waals surface area contributed by atoms with Crippen molar-refractivity contribution in [2.24, 2.45) is 0 Å². The molecular formula is C27H30N4O6S. The van der Waals surface area contributed by atoms with Gasteiger partial charge in [0.1, 0.15) is 6.04 Å². The predicted molar refractivity (Wildman–Crippen MR) is 137 cm³/mol. The van der Waals surface area contributed by atoms with Crippen LogP contribution >= 0.6 is 0 Å². The fraction of sp³-hybridized carbons (Fsp3) is 0.407. The summed E-state index contributed by atoms with van der Waals surface area (Å²) in [5, 5.41) is 2.26. The standard InChI is InChI=1S/C27H30N4O6S/c32-24-12-11-22(26(34)28-24)31-18-21-20(27(31)35)8-4-9-23(21)38(36,37)30-15-5-14-29(16-17-30)25(33)13-10-19-6-2-1-3-7-19/h1-4,6-9,22H,5,10-18H2,(H,28,32,34). The van der Waals surface area contributed by atoms with Crippen LogP contribution in [0.15, 0.2) is 53.4 Å². The lowest BCUT2D eigenvalue weighted by atomic mass is 10.0. The van der Waals surface area contributed by atoms with Crippen molar-refractivity contribution < 1.29 is 27.6 Å². The predicted octanol–water partition coefficient (Wildman–Crippen LogP) is 1.30. The molecule has 200 valence electrons. The third-order valence-corrected chi connectivity index (χ3v) is 9.42. The number of imide groups is 1. The van der Waals surface area contributed by atoms with Gasteiger partial charge in [-0.1, -0.05) is 36.4 Å². The van der Waals surface area contributed by atoms with Crippen LogP contribution in [0.2, 0.25) is 0 Å². The summed E-state index contributed by atoms with van der Waals surface area (Å²) in [4.78, 5) is 53.0. The highest BCUT2D eigenvalue weighted by Gasteiger charge is 2.42. The summed E-state index contributed by atoms with van der Waals surface area (Å²) < 4.78 is 28.9.